The van der Waals surface area contributed by atoms with Gasteiger partial charge in [-0.05, 0) is 35.4 Å². The summed E-state index contributed by atoms with van der Waals surface area (Å²) in [5, 5.41) is 0.922. The molecule has 0 saturated carbocycles. The van der Waals surface area contributed by atoms with Crippen LogP contribution in [-0.4, -0.2) is 49.7 Å². The van der Waals surface area contributed by atoms with Crippen molar-refractivity contribution in [3.05, 3.63) is 199 Å². The summed E-state index contributed by atoms with van der Waals surface area (Å²) >= 11 is 1.66. The first-order chi connectivity index (χ1) is 32.4. The molecule has 0 aliphatic rings. The number of oxazole rings is 1. The van der Waals surface area contributed by atoms with Crippen LogP contribution in [0.2, 0.25) is 13.6 Å². The molecule has 0 saturated heterocycles. The second-order valence-electron chi connectivity index (χ2n) is 15.6. The van der Waals surface area contributed by atoms with E-state index in [1.54, 1.807) is 11.3 Å². The second-order valence-corrected chi connectivity index (χ2v) is 16.6. The zero-order valence-corrected chi connectivity index (χ0v) is 38.3. The maximum absolute atomic E-state index is 6.25. The van der Waals surface area contributed by atoms with Crippen LogP contribution in [0.25, 0.3) is 95.0 Å². The molecule has 0 N–H and O–H groups in total. The molecule has 0 atom stereocenters. The molecule has 10 heteroatoms. The van der Waals surface area contributed by atoms with Crippen LogP contribution in [-0.2, 0) is 0 Å². The molecule has 0 aliphatic carbocycles. The fourth-order valence-corrected chi connectivity index (χ4v) is 9.10. The third kappa shape index (κ3) is 8.83. The number of allylic oxidation sites excluding steroid dienone is 8. The first-order valence-electron chi connectivity index (χ1n) is 22.0. The Morgan fingerprint density at radius 2 is 1.44 bits per heavy atom. The molecular weight excluding hydrogens is 826 g/mol. The molecule has 5 aromatic carbocycles. The van der Waals surface area contributed by atoms with Gasteiger partial charge in [-0.3, -0.25) is 0 Å². The summed E-state index contributed by atoms with van der Waals surface area (Å²) in [5.74, 6) is 4.42. The zero-order chi connectivity index (χ0) is 45.6. The van der Waals surface area contributed by atoms with Crippen LogP contribution in [0.4, 0.5) is 0 Å². The van der Waals surface area contributed by atoms with Gasteiger partial charge in [-0.2, -0.15) is 0 Å². The van der Waals surface area contributed by atoms with Gasteiger partial charge in [-0.15, -0.1) is 11.3 Å². The Hall–Kier alpha value is -7.81. The Morgan fingerprint density at radius 1 is 0.727 bits per heavy atom. The Bertz CT molecular complexity index is 3370. The molecular formula is C56H46B2N6OS. The van der Waals surface area contributed by atoms with E-state index in [-0.39, 0.29) is 0 Å². The number of thiazole rings is 1. The molecule has 318 valence electrons. The van der Waals surface area contributed by atoms with E-state index in [2.05, 4.69) is 98.2 Å². The van der Waals surface area contributed by atoms with Crippen molar-refractivity contribution < 1.29 is 4.42 Å². The number of rotatable bonds is 14. The fourth-order valence-electron chi connectivity index (χ4n) is 8.16. The first kappa shape index (κ1) is 43.4. The first-order valence-corrected chi connectivity index (χ1v) is 22.8. The molecule has 0 spiro atoms. The van der Waals surface area contributed by atoms with Gasteiger partial charge >= 0.3 is 161 Å². The molecule has 0 bridgehead atoms. The van der Waals surface area contributed by atoms with Gasteiger partial charge < -0.3 is 0 Å². The van der Waals surface area contributed by atoms with Crippen molar-refractivity contribution >= 4 is 81.7 Å². The summed E-state index contributed by atoms with van der Waals surface area (Å²) in [6.07, 6.45) is 16.2. The van der Waals surface area contributed by atoms with Crippen molar-refractivity contribution in [3.8, 4) is 50.4 Å². The van der Waals surface area contributed by atoms with Crippen molar-refractivity contribution in [2.24, 2.45) is 0 Å². The second kappa shape index (κ2) is 19.5. The summed E-state index contributed by atoms with van der Waals surface area (Å²) in [4.78, 5) is 24.9. The third-order valence-corrected chi connectivity index (χ3v) is 12.4. The summed E-state index contributed by atoms with van der Waals surface area (Å²) in [5.41, 5.74) is 14.6. The van der Waals surface area contributed by atoms with Gasteiger partial charge in [0.15, 0.2) is 17.5 Å². The average molecular weight is 873 g/mol. The van der Waals surface area contributed by atoms with Gasteiger partial charge in [-0.1, -0.05) is 110 Å². The molecule has 9 rings (SSSR count). The molecule has 7 nitrogen and oxygen atoms in total. The number of hydrogen-bond donors (Lipinski definition) is 0. The number of fused-ring (bicyclic) bond motifs is 2. The molecule has 0 aliphatic heterocycles. The van der Waals surface area contributed by atoms with E-state index < -0.39 is 0 Å². The van der Waals surface area contributed by atoms with Crippen molar-refractivity contribution in [2.45, 2.75) is 27.5 Å². The van der Waals surface area contributed by atoms with Crippen molar-refractivity contribution in [2.75, 3.05) is 0 Å². The van der Waals surface area contributed by atoms with Gasteiger partial charge in [0.05, 0.1) is 10.2 Å². The predicted molar refractivity (Wildman–Crippen MR) is 283 cm³/mol. The van der Waals surface area contributed by atoms with E-state index >= 15 is 0 Å². The topological polar surface area (TPSA) is 82.5 Å². The average Bonchev–Trinajstić information content (AvgIpc) is 4.07. The van der Waals surface area contributed by atoms with Gasteiger partial charge in [0, 0.05) is 22.3 Å². The number of aromatic nitrogens is 6. The van der Waals surface area contributed by atoms with Crippen LogP contribution in [0.3, 0.4) is 0 Å². The van der Waals surface area contributed by atoms with Crippen molar-refractivity contribution in [1.29, 1.82) is 0 Å². The standard InChI is InChI=1S/C56H46B2N6OS/c1-7-10-25-45-36(4)64(44-27-28-49-47(35-44)59-55(65-49)40(18-8-2)30-31-57-5)51(58-6)46(45)33-37(9-3)41-23-17-24-43(32-41)56-60-48-34-42(26-29-50(48)66-56)54-62-52(38-19-13-11-14-20-38)61-53(63-54)39-21-15-12-16-22-39/h7-35,58H,1,3H2,2,4-6H3/b18-8-,25-10-,37-33+,40-30+. The Balaban J connectivity index is 1.08. The quantitative estimate of drug-likeness (QED) is 0.0799. The molecule has 0 amide bonds. The number of benzene rings is 5. The van der Waals surface area contributed by atoms with Gasteiger partial charge in [0.25, 0.3) is 0 Å². The van der Waals surface area contributed by atoms with E-state index in [0.717, 1.165) is 95.1 Å². The van der Waals surface area contributed by atoms with E-state index in [1.165, 1.54) is 5.59 Å². The number of nitrogens with zero attached hydrogens (tertiary/aromatic N) is 6. The van der Waals surface area contributed by atoms with E-state index in [4.69, 9.17) is 29.3 Å². The summed E-state index contributed by atoms with van der Waals surface area (Å²) in [6.45, 7) is 18.6. The van der Waals surface area contributed by atoms with Crippen LogP contribution in [0, 0.1) is 6.92 Å². The minimum atomic E-state index is 0.583. The van der Waals surface area contributed by atoms with E-state index in [9.17, 15) is 0 Å². The van der Waals surface area contributed by atoms with Crippen LogP contribution in [0.1, 0.15) is 35.2 Å². The van der Waals surface area contributed by atoms with Crippen LogP contribution >= 0.6 is 11.3 Å². The van der Waals surface area contributed by atoms with Crippen LogP contribution in [0.5, 0.6) is 0 Å². The zero-order valence-electron chi connectivity index (χ0n) is 37.4. The van der Waals surface area contributed by atoms with E-state index in [0.29, 0.717) is 23.4 Å². The molecule has 66 heavy (non-hydrogen) atoms. The SMILES string of the molecule is C=C/C=C\c1c(/C=C(\C=C)c2cccc(-c3nc4cc(-c5nc(-c6ccccc6)nc(-c6ccccc6)n5)ccc4s3)c2)c(BC)n(-c2ccc3oc(C(/C=C\C)=C/C=B\C)nc3c2)c1C. The summed E-state index contributed by atoms with van der Waals surface area (Å²) < 4.78 is 9.65. The Kier molecular flexibility index (Phi) is 12.8. The van der Waals surface area contributed by atoms with Crippen LogP contribution in [0.15, 0.2) is 175 Å². The van der Waals surface area contributed by atoms with Gasteiger partial charge in [0.1, 0.15) is 5.01 Å². The monoisotopic (exact) mass is 872 g/mol. The third-order valence-electron chi connectivity index (χ3n) is 11.3. The van der Waals surface area contributed by atoms with Gasteiger partial charge in [-0.25, -0.2) is 19.9 Å². The molecule has 9 aromatic rings. The van der Waals surface area contributed by atoms with Crippen molar-refractivity contribution in [1.82, 2.24) is 29.5 Å². The van der Waals surface area contributed by atoms with Gasteiger partial charge in [0.2, 0.25) is 0 Å². The molecule has 4 heterocycles. The van der Waals surface area contributed by atoms with E-state index in [1.807, 2.05) is 130 Å². The summed E-state index contributed by atoms with van der Waals surface area (Å²) in [6, 6.07) is 41.1. The summed E-state index contributed by atoms with van der Waals surface area (Å²) in [7, 11) is 0.790. The Morgan fingerprint density at radius 3 is 2.11 bits per heavy atom. The molecule has 0 radical (unpaired) electrons. The fraction of sp³-hybridized carbons (Fsp3) is 0.0714. The molecule has 0 unspecified atom stereocenters. The predicted octanol–water partition coefficient (Wildman–Crippen LogP) is 12.9. The number of hydrogen-bond acceptors (Lipinski definition) is 7. The van der Waals surface area contributed by atoms with Crippen LogP contribution < -0.4 is 5.59 Å². The molecule has 4 aromatic heterocycles. The normalized spacial score (nSPS) is 12.2. The molecule has 0 fully saturated rings. The Labute approximate surface area is 390 Å². The minimum absolute atomic E-state index is 0.583. The maximum atomic E-state index is 6.25. The van der Waals surface area contributed by atoms with Crippen molar-refractivity contribution in [3.63, 3.8) is 0 Å².